The lowest BCUT2D eigenvalue weighted by Crippen LogP contribution is -2.38. The third-order valence-electron chi connectivity index (χ3n) is 3.88. The van der Waals surface area contributed by atoms with Gasteiger partial charge in [-0.3, -0.25) is 4.68 Å². The van der Waals surface area contributed by atoms with Gasteiger partial charge in [0.2, 0.25) is 0 Å². The van der Waals surface area contributed by atoms with Gasteiger partial charge in [-0.05, 0) is 18.4 Å². The minimum Gasteiger partial charge on any atom is -0.337 e. The Kier molecular flexibility index (Phi) is 6.02. The Hall–Kier alpha value is -2.74. The second-order valence-corrected chi connectivity index (χ2v) is 6.11. The molecular formula is C19H24N4O. The van der Waals surface area contributed by atoms with E-state index < -0.39 is 0 Å². The predicted octanol–water partition coefficient (Wildman–Crippen LogP) is 2.77. The van der Waals surface area contributed by atoms with E-state index in [9.17, 15) is 4.79 Å². The molecule has 5 nitrogen and oxygen atoms in total. The molecule has 1 heterocycles. The van der Waals surface area contributed by atoms with Crippen LogP contribution in [0.1, 0.15) is 29.5 Å². The first-order valence-corrected chi connectivity index (χ1v) is 8.00. The molecular weight excluding hydrogens is 300 g/mol. The summed E-state index contributed by atoms with van der Waals surface area (Å²) in [5, 5.41) is 7.14. The number of aromatic nitrogens is 2. The van der Waals surface area contributed by atoms with E-state index in [-0.39, 0.29) is 11.9 Å². The highest BCUT2D eigenvalue weighted by Crippen LogP contribution is 2.15. The van der Waals surface area contributed by atoms with Crippen molar-refractivity contribution in [2.45, 2.75) is 32.9 Å². The fourth-order valence-electron chi connectivity index (χ4n) is 2.48. The average Bonchev–Trinajstić information content (AvgIpc) is 2.99. The summed E-state index contributed by atoms with van der Waals surface area (Å²) in [5.74, 6) is 2.80. The first-order chi connectivity index (χ1) is 11.5. The first kappa shape index (κ1) is 17.6. The molecule has 0 saturated carbocycles. The molecule has 0 bridgehead atoms. The van der Waals surface area contributed by atoms with Crippen LogP contribution in [0.2, 0.25) is 0 Å². The fraction of sp³-hybridized carbons (Fsp3) is 0.368. The fourth-order valence-corrected chi connectivity index (χ4v) is 2.48. The Balaban J connectivity index is 1.83. The molecule has 0 unspecified atom stereocenters. The van der Waals surface area contributed by atoms with Crippen LogP contribution in [-0.2, 0) is 13.1 Å². The lowest BCUT2D eigenvalue weighted by molar-refractivity contribution is 0.206. The van der Waals surface area contributed by atoms with Gasteiger partial charge in [0.15, 0.2) is 0 Å². The third-order valence-corrected chi connectivity index (χ3v) is 3.88. The van der Waals surface area contributed by atoms with Crippen molar-refractivity contribution in [3.63, 3.8) is 0 Å². The summed E-state index contributed by atoms with van der Waals surface area (Å²) in [7, 11) is 1.77. The number of nitrogens with one attached hydrogen (secondary N) is 1. The molecule has 0 saturated heterocycles. The van der Waals surface area contributed by atoms with Crippen LogP contribution in [0.15, 0.2) is 36.7 Å². The Morgan fingerprint density at radius 1 is 1.50 bits per heavy atom. The standard InChI is InChI=1S/C19H24N4O/c1-5-9-23-14-17(12-21-23)13-22(4)19(24)20-11-16(3)18-8-6-7-15(2)10-18/h1,6-8,10,12,14,16H,9,11,13H2,2-4H3,(H,20,24)/t16-/m0/s1. The first-order valence-electron chi connectivity index (χ1n) is 8.00. The van der Waals surface area contributed by atoms with Crippen molar-refractivity contribution in [1.29, 1.82) is 0 Å². The van der Waals surface area contributed by atoms with Crippen molar-refractivity contribution in [1.82, 2.24) is 20.0 Å². The molecule has 1 aromatic heterocycles. The monoisotopic (exact) mass is 324 g/mol. The maximum Gasteiger partial charge on any atom is 0.317 e. The average molecular weight is 324 g/mol. The van der Waals surface area contributed by atoms with E-state index in [1.165, 1.54) is 11.1 Å². The molecule has 1 aromatic carbocycles. The molecule has 1 atom stereocenters. The number of hydrogen-bond donors (Lipinski definition) is 1. The lowest BCUT2D eigenvalue weighted by Gasteiger charge is -2.19. The quantitative estimate of drug-likeness (QED) is 0.831. The van der Waals surface area contributed by atoms with Gasteiger partial charge in [-0.2, -0.15) is 5.10 Å². The van der Waals surface area contributed by atoms with Gasteiger partial charge in [-0.1, -0.05) is 42.7 Å². The molecule has 0 radical (unpaired) electrons. The normalized spacial score (nSPS) is 11.6. The summed E-state index contributed by atoms with van der Waals surface area (Å²) in [4.78, 5) is 13.9. The molecule has 0 aliphatic carbocycles. The van der Waals surface area contributed by atoms with Crippen LogP contribution in [0.3, 0.4) is 0 Å². The largest absolute Gasteiger partial charge is 0.337 e. The van der Waals surface area contributed by atoms with Gasteiger partial charge in [-0.15, -0.1) is 6.42 Å². The maximum absolute atomic E-state index is 12.2. The van der Waals surface area contributed by atoms with Gasteiger partial charge < -0.3 is 10.2 Å². The van der Waals surface area contributed by atoms with Crippen molar-refractivity contribution >= 4 is 6.03 Å². The van der Waals surface area contributed by atoms with Crippen LogP contribution in [0.4, 0.5) is 4.79 Å². The number of aryl methyl sites for hydroxylation is 1. The van der Waals surface area contributed by atoms with Gasteiger partial charge in [0, 0.05) is 25.4 Å². The molecule has 0 fully saturated rings. The van der Waals surface area contributed by atoms with Crippen LogP contribution in [-0.4, -0.2) is 34.3 Å². The van der Waals surface area contributed by atoms with Crippen molar-refractivity contribution in [2.24, 2.45) is 0 Å². The highest BCUT2D eigenvalue weighted by molar-refractivity contribution is 5.73. The van der Waals surface area contributed by atoms with E-state index >= 15 is 0 Å². The Morgan fingerprint density at radius 3 is 3.00 bits per heavy atom. The number of urea groups is 1. The van der Waals surface area contributed by atoms with Crippen LogP contribution in [0.25, 0.3) is 0 Å². The number of benzene rings is 1. The zero-order valence-corrected chi connectivity index (χ0v) is 14.5. The van der Waals surface area contributed by atoms with E-state index in [2.05, 4.69) is 48.4 Å². The van der Waals surface area contributed by atoms with E-state index in [4.69, 9.17) is 6.42 Å². The summed E-state index contributed by atoms with van der Waals surface area (Å²) in [6, 6.07) is 8.26. The van der Waals surface area contributed by atoms with Crippen LogP contribution in [0.5, 0.6) is 0 Å². The van der Waals surface area contributed by atoms with Gasteiger partial charge >= 0.3 is 6.03 Å². The maximum atomic E-state index is 12.2. The molecule has 0 spiro atoms. The smallest absolute Gasteiger partial charge is 0.317 e. The van der Waals surface area contributed by atoms with Crippen LogP contribution < -0.4 is 5.32 Å². The summed E-state index contributed by atoms with van der Waals surface area (Å²) >= 11 is 0. The Labute approximate surface area is 143 Å². The van der Waals surface area contributed by atoms with Gasteiger partial charge in [0.05, 0.1) is 12.7 Å². The molecule has 2 rings (SSSR count). The van der Waals surface area contributed by atoms with E-state index in [1.807, 2.05) is 12.3 Å². The summed E-state index contributed by atoms with van der Waals surface area (Å²) in [6.45, 7) is 5.71. The molecule has 2 amide bonds. The lowest BCUT2D eigenvalue weighted by atomic mass is 9.99. The van der Waals surface area contributed by atoms with Gasteiger partial charge in [0.1, 0.15) is 6.54 Å². The van der Waals surface area contributed by atoms with Crippen LogP contribution >= 0.6 is 0 Å². The van der Waals surface area contributed by atoms with Crippen LogP contribution in [0, 0.1) is 19.3 Å². The minimum atomic E-state index is -0.0980. The van der Waals surface area contributed by atoms with Gasteiger partial charge in [0.25, 0.3) is 0 Å². The molecule has 0 aliphatic rings. The Bertz CT molecular complexity index is 729. The van der Waals surface area contributed by atoms with Gasteiger partial charge in [-0.25, -0.2) is 4.79 Å². The zero-order chi connectivity index (χ0) is 17.5. The number of nitrogens with zero attached hydrogens (tertiary/aromatic N) is 3. The Morgan fingerprint density at radius 2 is 2.29 bits per heavy atom. The SMILES string of the molecule is C#CCn1cc(CN(C)C(=O)NC[C@H](C)c2cccc(C)c2)cn1. The number of rotatable bonds is 6. The summed E-state index contributed by atoms with van der Waals surface area (Å²) < 4.78 is 1.68. The summed E-state index contributed by atoms with van der Waals surface area (Å²) in [5.41, 5.74) is 3.41. The van der Waals surface area contributed by atoms with E-state index in [1.54, 1.807) is 22.8 Å². The number of carbonyl (C=O) groups is 1. The number of hydrogen-bond acceptors (Lipinski definition) is 2. The zero-order valence-electron chi connectivity index (χ0n) is 14.5. The highest BCUT2D eigenvalue weighted by Gasteiger charge is 2.12. The predicted molar refractivity (Wildman–Crippen MR) is 95.5 cm³/mol. The molecule has 0 aliphatic heterocycles. The van der Waals surface area contributed by atoms with E-state index in [0.717, 1.165) is 5.56 Å². The number of terminal acetylenes is 1. The molecule has 126 valence electrons. The summed E-state index contributed by atoms with van der Waals surface area (Å²) in [6.07, 6.45) is 8.85. The molecule has 24 heavy (non-hydrogen) atoms. The van der Waals surface area contributed by atoms with Crippen molar-refractivity contribution < 1.29 is 4.79 Å². The topological polar surface area (TPSA) is 50.2 Å². The molecule has 1 N–H and O–H groups in total. The number of amides is 2. The minimum absolute atomic E-state index is 0.0980. The molecule has 2 aromatic rings. The number of carbonyl (C=O) groups excluding carboxylic acids is 1. The molecule has 5 heteroatoms. The second kappa shape index (κ2) is 8.21. The second-order valence-electron chi connectivity index (χ2n) is 6.11. The van der Waals surface area contributed by atoms with Crippen molar-refractivity contribution in [2.75, 3.05) is 13.6 Å². The third kappa shape index (κ3) is 4.88. The highest BCUT2D eigenvalue weighted by atomic mass is 16.2. The van der Waals surface area contributed by atoms with Crippen molar-refractivity contribution in [3.05, 3.63) is 53.3 Å². The van der Waals surface area contributed by atoms with Crippen molar-refractivity contribution in [3.8, 4) is 12.3 Å². The van der Waals surface area contributed by atoms with E-state index in [0.29, 0.717) is 19.6 Å².